The second kappa shape index (κ2) is 9.77. The van der Waals surface area contributed by atoms with E-state index in [9.17, 15) is 18.7 Å². The van der Waals surface area contributed by atoms with Gasteiger partial charge in [-0.15, -0.1) is 0 Å². The predicted molar refractivity (Wildman–Crippen MR) is 118 cm³/mol. The van der Waals surface area contributed by atoms with Gasteiger partial charge in [0, 0.05) is 42.0 Å². The molecule has 32 heavy (non-hydrogen) atoms. The Morgan fingerprint density at radius 2 is 1.97 bits per heavy atom. The van der Waals surface area contributed by atoms with Crippen LogP contribution in [0.15, 0.2) is 23.0 Å². The van der Waals surface area contributed by atoms with Crippen molar-refractivity contribution in [3.8, 4) is 0 Å². The summed E-state index contributed by atoms with van der Waals surface area (Å²) in [5.74, 6) is -0.314. The van der Waals surface area contributed by atoms with Gasteiger partial charge < -0.3 is 15.3 Å². The quantitative estimate of drug-likeness (QED) is 0.714. The zero-order valence-corrected chi connectivity index (χ0v) is 18.8. The van der Waals surface area contributed by atoms with Gasteiger partial charge in [0.15, 0.2) is 0 Å². The van der Waals surface area contributed by atoms with Crippen molar-refractivity contribution in [1.29, 1.82) is 0 Å². The number of hydrogen-bond acceptors (Lipinski definition) is 5. The first kappa shape index (κ1) is 23.0. The highest BCUT2D eigenvalue weighted by Crippen LogP contribution is 2.32. The SMILES string of the molecule is CNC(c1ccc(F)cc1F)C1CCN(CCc2c(C)nc3n(c2=O)CCCC3O)CC1. The Hall–Kier alpha value is -2.16. The van der Waals surface area contributed by atoms with E-state index in [0.717, 1.165) is 50.5 Å². The molecule has 8 heteroatoms. The monoisotopic (exact) mass is 446 g/mol. The lowest BCUT2D eigenvalue weighted by Gasteiger charge is -2.36. The molecule has 1 aromatic carbocycles. The highest BCUT2D eigenvalue weighted by atomic mass is 19.1. The molecule has 0 bridgehead atoms. The molecule has 2 N–H and O–H groups in total. The van der Waals surface area contributed by atoms with Gasteiger partial charge in [-0.05, 0) is 71.1 Å². The molecule has 2 unspecified atom stereocenters. The van der Waals surface area contributed by atoms with Gasteiger partial charge in [-0.1, -0.05) is 6.07 Å². The predicted octanol–water partition coefficient (Wildman–Crippen LogP) is 2.87. The van der Waals surface area contributed by atoms with Gasteiger partial charge in [0.2, 0.25) is 0 Å². The lowest BCUT2D eigenvalue weighted by atomic mass is 9.85. The number of aryl methyl sites for hydroxylation is 1. The molecule has 6 nitrogen and oxygen atoms in total. The molecule has 2 aromatic rings. The summed E-state index contributed by atoms with van der Waals surface area (Å²) in [7, 11) is 1.82. The molecule has 0 spiro atoms. The molecule has 0 radical (unpaired) electrons. The number of fused-ring (bicyclic) bond motifs is 1. The minimum absolute atomic E-state index is 0.0248. The molecule has 1 saturated heterocycles. The Morgan fingerprint density at radius 3 is 2.66 bits per heavy atom. The number of nitrogens with one attached hydrogen (secondary N) is 1. The van der Waals surface area contributed by atoms with Gasteiger partial charge in [-0.3, -0.25) is 9.36 Å². The summed E-state index contributed by atoms with van der Waals surface area (Å²) in [6, 6.07) is 3.64. The number of aliphatic hydroxyl groups is 1. The van der Waals surface area contributed by atoms with Gasteiger partial charge in [0.25, 0.3) is 5.56 Å². The summed E-state index contributed by atoms with van der Waals surface area (Å²) in [5.41, 5.74) is 1.92. The summed E-state index contributed by atoms with van der Waals surface area (Å²) in [6.07, 6.45) is 3.20. The van der Waals surface area contributed by atoms with Crippen molar-refractivity contribution in [2.24, 2.45) is 5.92 Å². The average molecular weight is 447 g/mol. The van der Waals surface area contributed by atoms with Crippen LogP contribution in [0, 0.1) is 24.5 Å². The van der Waals surface area contributed by atoms with Gasteiger partial charge in [-0.2, -0.15) is 0 Å². The Morgan fingerprint density at radius 1 is 1.22 bits per heavy atom. The standard InChI is InChI=1S/C24H32F2N4O2/c1-15-18(24(32)30-10-3-4-21(31)23(30)28-15)9-13-29-11-7-16(8-12-29)22(27-2)19-6-5-17(25)14-20(19)26/h5-6,14,16,21-22,27,31H,3-4,7-13H2,1-2H3. The third-order valence-electron chi connectivity index (χ3n) is 7.05. The number of benzene rings is 1. The van der Waals surface area contributed by atoms with Crippen molar-refractivity contribution in [3.05, 3.63) is 62.8 Å². The van der Waals surface area contributed by atoms with Crippen LogP contribution >= 0.6 is 0 Å². The van der Waals surface area contributed by atoms with Crippen molar-refractivity contribution in [2.75, 3.05) is 26.7 Å². The van der Waals surface area contributed by atoms with Gasteiger partial charge in [0.05, 0.1) is 0 Å². The molecular formula is C24H32F2N4O2. The topological polar surface area (TPSA) is 70.4 Å². The van der Waals surface area contributed by atoms with E-state index in [1.807, 2.05) is 14.0 Å². The number of rotatable bonds is 6. The van der Waals surface area contributed by atoms with E-state index in [2.05, 4.69) is 15.2 Å². The van der Waals surface area contributed by atoms with Crippen LogP contribution in [0.25, 0.3) is 0 Å². The van der Waals surface area contributed by atoms with E-state index in [4.69, 9.17) is 0 Å². The van der Waals surface area contributed by atoms with E-state index >= 15 is 0 Å². The van der Waals surface area contributed by atoms with E-state index in [1.54, 1.807) is 4.57 Å². The molecule has 4 rings (SSSR count). The number of nitrogens with zero attached hydrogens (tertiary/aromatic N) is 3. The first-order valence-corrected chi connectivity index (χ1v) is 11.5. The summed E-state index contributed by atoms with van der Waals surface area (Å²) in [5, 5.41) is 13.4. The Labute approximate surface area is 187 Å². The molecule has 2 aliphatic rings. The number of halogens is 2. The van der Waals surface area contributed by atoms with Crippen LogP contribution in [-0.4, -0.2) is 46.2 Å². The molecule has 1 fully saturated rings. The van der Waals surface area contributed by atoms with E-state index in [-0.39, 0.29) is 17.5 Å². The van der Waals surface area contributed by atoms with Crippen LogP contribution in [0.5, 0.6) is 0 Å². The molecule has 1 aromatic heterocycles. The fourth-order valence-corrected chi connectivity index (χ4v) is 5.23. The lowest BCUT2D eigenvalue weighted by Crippen LogP contribution is -2.40. The number of piperidine rings is 1. The fraction of sp³-hybridized carbons (Fsp3) is 0.583. The first-order valence-electron chi connectivity index (χ1n) is 11.5. The van der Waals surface area contributed by atoms with Gasteiger partial charge in [0.1, 0.15) is 23.6 Å². The van der Waals surface area contributed by atoms with Crippen LogP contribution < -0.4 is 10.9 Å². The maximum Gasteiger partial charge on any atom is 0.257 e. The second-order valence-electron chi connectivity index (χ2n) is 9.01. The summed E-state index contributed by atoms with van der Waals surface area (Å²) in [6.45, 7) is 4.95. The Bertz CT molecular complexity index is 1020. The Kier molecular flexibility index (Phi) is 7.02. The van der Waals surface area contributed by atoms with E-state index in [0.29, 0.717) is 36.5 Å². The summed E-state index contributed by atoms with van der Waals surface area (Å²) >= 11 is 0. The third-order valence-corrected chi connectivity index (χ3v) is 7.05. The minimum Gasteiger partial charge on any atom is -0.385 e. The molecule has 174 valence electrons. The highest BCUT2D eigenvalue weighted by Gasteiger charge is 2.29. The van der Waals surface area contributed by atoms with Crippen LogP contribution in [0.2, 0.25) is 0 Å². The molecule has 3 heterocycles. The zero-order valence-electron chi connectivity index (χ0n) is 18.8. The first-order chi connectivity index (χ1) is 15.4. The average Bonchev–Trinajstić information content (AvgIpc) is 2.77. The second-order valence-corrected chi connectivity index (χ2v) is 9.01. The molecule has 2 aliphatic heterocycles. The third kappa shape index (κ3) is 4.63. The molecule has 0 amide bonds. The van der Waals surface area contributed by atoms with Crippen molar-refractivity contribution in [2.45, 2.75) is 57.7 Å². The van der Waals surface area contributed by atoms with Crippen molar-refractivity contribution < 1.29 is 13.9 Å². The van der Waals surface area contributed by atoms with Crippen LogP contribution in [-0.2, 0) is 13.0 Å². The summed E-state index contributed by atoms with van der Waals surface area (Å²) < 4.78 is 29.2. The smallest absolute Gasteiger partial charge is 0.257 e. The highest BCUT2D eigenvalue weighted by molar-refractivity contribution is 5.23. The summed E-state index contributed by atoms with van der Waals surface area (Å²) in [4.78, 5) is 19.8. The lowest BCUT2D eigenvalue weighted by molar-refractivity contribution is 0.129. The number of hydrogen-bond donors (Lipinski definition) is 2. The van der Waals surface area contributed by atoms with Gasteiger partial charge >= 0.3 is 0 Å². The molecule has 2 atom stereocenters. The van der Waals surface area contributed by atoms with Crippen LogP contribution in [0.4, 0.5) is 8.78 Å². The van der Waals surface area contributed by atoms with E-state index < -0.39 is 17.7 Å². The Balaban J connectivity index is 1.38. The van der Waals surface area contributed by atoms with Gasteiger partial charge in [-0.25, -0.2) is 13.8 Å². The van der Waals surface area contributed by atoms with Crippen molar-refractivity contribution in [1.82, 2.24) is 19.8 Å². The number of aliphatic hydroxyl groups excluding tert-OH is 1. The molecular weight excluding hydrogens is 414 g/mol. The van der Waals surface area contributed by atoms with Crippen LogP contribution in [0.1, 0.15) is 60.5 Å². The van der Waals surface area contributed by atoms with Crippen LogP contribution in [0.3, 0.4) is 0 Å². The zero-order chi connectivity index (χ0) is 22.8. The number of likely N-dealkylation sites (tertiary alicyclic amines) is 1. The molecule has 0 saturated carbocycles. The fourth-order valence-electron chi connectivity index (χ4n) is 5.23. The molecule has 0 aliphatic carbocycles. The largest absolute Gasteiger partial charge is 0.385 e. The maximum absolute atomic E-state index is 14.3. The maximum atomic E-state index is 14.3. The minimum atomic E-state index is -0.658. The van der Waals surface area contributed by atoms with Crippen molar-refractivity contribution >= 4 is 0 Å². The number of aromatic nitrogens is 2. The normalized spacial score (nSPS) is 20.8. The van der Waals surface area contributed by atoms with Crippen molar-refractivity contribution in [3.63, 3.8) is 0 Å². The van der Waals surface area contributed by atoms with E-state index in [1.165, 1.54) is 12.1 Å².